The van der Waals surface area contributed by atoms with Crippen LogP contribution in [0.3, 0.4) is 0 Å². The lowest BCUT2D eigenvalue weighted by atomic mass is 10.2. The Bertz CT molecular complexity index is 159. The summed E-state index contributed by atoms with van der Waals surface area (Å²) in [6.45, 7) is 6.99. The predicted octanol–water partition coefficient (Wildman–Crippen LogP) is 2.01. The summed E-state index contributed by atoms with van der Waals surface area (Å²) in [7, 11) is 0. The average molecular weight is 234 g/mol. The fourth-order valence-electron chi connectivity index (χ4n) is 1.29. The summed E-state index contributed by atoms with van der Waals surface area (Å²) < 4.78 is 6.61. The Morgan fingerprint density at radius 2 is 2.50 bits per heavy atom. The third-order valence-electron chi connectivity index (χ3n) is 1.94. The molecule has 0 fully saturated rings. The van der Waals surface area contributed by atoms with Crippen molar-refractivity contribution in [2.45, 2.75) is 13.3 Å². The molecule has 0 aromatic rings. The van der Waals surface area contributed by atoms with Crippen LogP contribution in [-0.4, -0.2) is 37.7 Å². The first-order chi connectivity index (χ1) is 5.83. The number of hydrogen-bond acceptors (Lipinski definition) is 2. The number of halogens is 1. The Balaban J connectivity index is 2.13. The van der Waals surface area contributed by atoms with E-state index in [4.69, 9.17) is 4.74 Å². The second-order valence-corrected chi connectivity index (χ2v) is 3.93. The summed E-state index contributed by atoms with van der Waals surface area (Å²) in [4.78, 5) is 2.40. The summed E-state index contributed by atoms with van der Waals surface area (Å²) in [5.41, 5.74) is 0. The van der Waals surface area contributed by atoms with Crippen LogP contribution in [0.1, 0.15) is 13.3 Å². The lowest BCUT2D eigenvalue weighted by Gasteiger charge is -2.24. The molecule has 0 atom stereocenters. The van der Waals surface area contributed by atoms with Crippen LogP contribution < -0.4 is 0 Å². The molecule has 12 heavy (non-hydrogen) atoms. The van der Waals surface area contributed by atoms with Gasteiger partial charge in [-0.25, -0.2) is 0 Å². The molecule has 0 amide bonds. The normalized spacial score (nSPS) is 19.3. The van der Waals surface area contributed by atoms with Gasteiger partial charge in [0.1, 0.15) is 0 Å². The van der Waals surface area contributed by atoms with Gasteiger partial charge in [0.15, 0.2) is 0 Å². The van der Waals surface area contributed by atoms with Gasteiger partial charge in [0.05, 0.1) is 6.61 Å². The van der Waals surface area contributed by atoms with Crippen LogP contribution in [0, 0.1) is 0 Å². The molecule has 0 aromatic heterocycles. The Kier molecular flexibility index (Phi) is 4.88. The van der Waals surface area contributed by atoms with E-state index in [1.54, 1.807) is 0 Å². The predicted molar refractivity (Wildman–Crippen MR) is 54.6 cm³/mol. The molecule has 2 nitrogen and oxygen atoms in total. The van der Waals surface area contributed by atoms with Crippen LogP contribution >= 0.6 is 15.9 Å². The largest absolute Gasteiger partial charge is 0.380 e. The summed E-state index contributed by atoms with van der Waals surface area (Å²) in [6.07, 6.45) is 3.41. The van der Waals surface area contributed by atoms with E-state index in [-0.39, 0.29) is 0 Å². The molecule has 1 aliphatic heterocycles. The molecular weight excluding hydrogens is 218 g/mol. The molecule has 0 saturated carbocycles. The third-order valence-corrected chi connectivity index (χ3v) is 2.52. The Labute approximate surface area is 82.7 Å². The zero-order valence-corrected chi connectivity index (χ0v) is 9.14. The van der Waals surface area contributed by atoms with Gasteiger partial charge in [-0.2, -0.15) is 0 Å². The quantitative estimate of drug-likeness (QED) is 0.690. The minimum absolute atomic E-state index is 0.824. The van der Waals surface area contributed by atoms with Crippen LogP contribution in [0.15, 0.2) is 10.6 Å². The van der Waals surface area contributed by atoms with Crippen molar-refractivity contribution >= 4 is 15.9 Å². The molecule has 0 aliphatic carbocycles. The Morgan fingerprint density at radius 1 is 1.67 bits per heavy atom. The second-order valence-electron chi connectivity index (χ2n) is 2.91. The highest BCUT2D eigenvalue weighted by Crippen LogP contribution is 2.13. The van der Waals surface area contributed by atoms with Gasteiger partial charge >= 0.3 is 0 Å². The van der Waals surface area contributed by atoms with E-state index >= 15 is 0 Å². The molecular formula is C9H16BrNO. The van der Waals surface area contributed by atoms with Crippen LogP contribution in [-0.2, 0) is 4.74 Å². The van der Waals surface area contributed by atoms with E-state index in [1.165, 1.54) is 11.0 Å². The van der Waals surface area contributed by atoms with Crippen molar-refractivity contribution in [3.8, 4) is 0 Å². The smallest absolute Gasteiger partial charge is 0.0593 e. The van der Waals surface area contributed by atoms with Gasteiger partial charge in [-0.1, -0.05) is 22.0 Å². The zero-order chi connectivity index (χ0) is 8.81. The number of hydrogen-bond donors (Lipinski definition) is 0. The molecule has 1 aliphatic rings. The molecule has 0 radical (unpaired) electrons. The molecule has 1 heterocycles. The van der Waals surface area contributed by atoms with E-state index in [2.05, 4.69) is 26.9 Å². The lowest BCUT2D eigenvalue weighted by Crippen LogP contribution is -2.31. The maximum Gasteiger partial charge on any atom is 0.0593 e. The SMILES string of the molecule is CCOCCN1CCC=C(Br)C1. The fourth-order valence-corrected chi connectivity index (χ4v) is 1.87. The van der Waals surface area contributed by atoms with E-state index < -0.39 is 0 Å². The molecule has 0 N–H and O–H groups in total. The van der Waals surface area contributed by atoms with E-state index in [0.29, 0.717) is 0 Å². The average Bonchev–Trinajstić information content (AvgIpc) is 2.05. The summed E-state index contributed by atoms with van der Waals surface area (Å²) in [5, 5.41) is 0. The van der Waals surface area contributed by atoms with Crippen molar-refractivity contribution in [3.05, 3.63) is 10.6 Å². The Morgan fingerprint density at radius 3 is 3.17 bits per heavy atom. The highest BCUT2D eigenvalue weighted by Gasteiger charge is 2.09. The fraction of sp³-hybridized carbons (Fsp3) is 0.778. The monoisotopic (exact) mass is 233 g/mol. The summed E-state index contributed by atoms with van der Waals surface area (Å²) in [6, 6.07) is 0. The van der Waals surface area contributed by atoms with Gasteiger partial charge in [-0.15, -0.1) is 0 Å². The molecule has 0 aromatic carbocycles. The highest BCUT2D eigenvalue weighted by atomic mass is 79.9. The van der Waals surface area contributed by atoms with Gasteiger partial charge in [-0.3, -0.25) is 4.90 Å². The standard InChI is InChI=1S/C9H16BrNO/c1-2-12-7-6-11-5-3-4-9(10)8-11/h4H,2-3,5-8H2,1H3. The van der Waals surface area contributed by atoms with Gasteiger partial charge < -0.3 is 4.74 Å². The first-order valence-corrected chi connectivity index (χ1v) is 5.27. The molecule has 0 saturated heterocycles. The maximum absolute atomic E-state index is 5.30. The highest BCUT2D eigenvalue weighted by molar-refractivity contribution is 9.11. The molecule has 0 unspecified atom stereocenters. The maximum atomic E-state index is 5.30. The molecule has 70 valence electrons. The molecule has 3 heteroatoms. The number of rotatable bonds is 4. The zero-order valence-electron chi connectivity index (χ0n) is 7.55. The van der Waals surface area contributed by atoms with Crippen molar-refractivity contribution < 1.29 is 4.74 Å². The van der Waals surface area contributed by atoms with Gasteiger partial charge in [0.2, 0.25) is 0 Å². The minimum Gasteiger partial charge on any atom is -0.380 e. The van der Waals surface area contributed by atoms with Crippen LogP contribution in [0.4, 0.5) is 0 Å². The molecule has 0 spiro atoms. The lowest BCUT2D eigenvalue weighted by molar-refractivity contribution is 0.116. The van der Waals surface area contributed by atoms with Crippen LogP contribution in [0.25, 0.3) is 0 Å². The first-order valence-electron chi connectivity index (χ1n) is 4.47. The van der Waals surface area contributed by atoms with E-state index in [0.717, 1.165) is 32.7 Å². The van der Waals surface area contributed by atoms with E-state index in [9.17, 15) is 0 Å². The first kappa shape index (κ1) is 10.2. The van der Waals surface area contributed by atoms with Gasteiger partial charge in [0, 0.05) is 30.7 Å². The minimum atomic E-state index is 0.824. The van der Waals surface area contributed by atoms with Gasteiger partial charge in [-0.05, 0) is 13.3 Å². The topological polar surface area (TPSA) is 12.5 Å². The van der Waals surface area contributed by atoms with Gasteiger partial charge in [0.25, 0.3) is 0 Å². The van der Waals surface area contributed by atoms with Crippen molar-refractivity contribution in [1.29, 1.82) is 0 Å². The molecule has 1 rings (SSSR count). The molecule has 0 bridgehead atoms. The van der Waals surface area contributed by atoms with Crippen molar-refractivity contribution in [3.63, 3.8) is 0 Å². The van der Waals surface area contributed by atoms with Crippen LogP contribution in [0.5, 0.6) is 0 Å². The summed E-state index contributed by atoms with van der Waals surface area (Å²) >= 11 is 3.52. The third kappa shape index (κ3) is 3.70. The summed E-state index contributed by atoms with van der Waals surface area (Å²) in [5.74, 6) is 0. The van der Waals surface area contributed by atoms with Crippen molar-refractivity contribution in [2.24, 2.45) is 0 Å². The Hall–Kier alpha value is 0.140. The van der Waals surface area contributed by atoms with Crippen LogP contribution in [0.2, 0.25) is 0 Å². The van der Waals surface area contributed by atoms with Crippen molar-refractivity contribution in [2.75, 3.05) is 32.8 Å². The van der Waals surface area contributed by atoms with Crippen molar-refractivity contribution in [1.82, 2.24) is 4.90 Å². The van der Waals surface area contributed by atoms with E-state index in [1.807, 2.05) is 6.92 Å². The number of nitrogens with zero attached hydrogens (tertiary/aromatic N) is 1. The number of ether oxygens (including phenoxy) is 1. The second kappa shape index (κ2) is 5.73.